The second-order valence-corrected chi connectivity index (χ2v) is 8.26. The van der Waals surface area contributed by atoms with Crippen LogP contribution in [-0.2, 0) is 11.8 Å². The normalized spacial score (nSPS) is 15.7. The Morgan fingerprint density at radius 2 is 2.09 bits per heavy atom. The summed E-state index contributed by atoms with van der Waals surface area (Å²) >= 11 is 0. The van der Waals surface area contributed by atoms with Crippen LogP contribution >= 0.6 is 0 Å². The Labute approximate surface area is 187 Å². The smallest absolute Gasteiger partial charge is 0.272 e. The van der Waals surface area contributed by atoms with Crippen LogP contribution in [0.25, 0.3) is 11.1 Å². The number of benzene rings is 1. The van der Waals surface area contributed by atoms with E-state index in [1.807, 2.05) is 44.6 Å². The molecule has 1 amide bonds. The van der Waals surface area contributed by atoms with E-state index in [1.54, 1.807) is 11.7 Å². The van der Waals surface area contributed by atoms with E-state index in [0.29, 0.717) is 17.4 Å². The van der Waals surface area contributed by atoms with Gasteiger partial charge in [-0.15, -0.1) is 0 Å². The number of nitrogens with zero attached hydrogens (tertiary/aromatic N) is 5. The lowest BCUT2D eigenvalue weighted by Gasteiger charge is -2.16. The molecule has 1 saturated carbocycles. The van der Waals surface area contributed by atoms with E-state index in [9.17, 15) is 4.79 Å². The number of aromatic nitrogens is 4. The van der Waals surface area contributed by atoms with Gasteiger partial charge in [0.2, 0.25) is 0 Å². The molecule has 0 unspecified atom stereocenters. The Hall–Kier alpha value is -3.55. The van der Waals surface area contributed by atoms with Gasteiger partial charge in [-0.1, -0.05) is 31.0 Å². The van der Waals surface area contributed by atoms with Crippen LogP contribution in [0, 0.1) is 0 Å². The number of rotatable bonds is 7. The molecule has 166 valence electrons. The molecule has 1 fully saturated rings. The zero-order valence-corrected chi connectivity index (χ0v) is 18.8. The fourth-order valence-electron chi connectivity index (χ4n) is 4.29. The van der Waals surface area contributed by atoms with Crippen molar-refractivity contribution < 1.29 is 4.79 Å². The van der Waals surface area contributed by atoms with E-state index in [2.05, 4.69) is 43.2 Å². The second-order valence-electron chi connectivity index (χ2n) is 8.26. The van der Waals surface area contributed by atoms with E-state index >= 15 is 0 Å². The first-order valence-corrected chi connectivity index (χ1v) is 10.9. The highest BCUT2D eigenvalue weighted by Gasteiger charge is 2.26. The average Bonchev–Trinajstić information content (AvgIpc) is 3.55. The lowest BCUT2D eigenvalue weighted by molar-refractivity contribution is -0.115. The van der Waals surface area contributed by atoms with Crippen LogP contribution in [0.4, 0.5) is 5.82 Å². The molecule has 2 N–H and O–H groups in total. The molecule has 0 radical (unpaired) electrons. The third-order valence-electron chi connectivity index (χ3n) is 6.04. The molecular formula is C24H29N7O. The lowest BCUT2D eigenvalue weighted by Crippen LogP contribution is -2.34. The molecule has 0 bridgehead atoms. The molecule has 4 rings (SSSR count). The first-order chi connectivity index (χ1) is 15.5. The zero-order chi connectivity index (χ0) is 22.7. The highest BCUT2D eigenvalue weighted by molar-refractivity contribution is 6.45. The lowest BCUT2D eigenvalue weighted by atomic mass is 10.0. The molecule has 2 heterocycles. The van der Waals surface area contributed by atoms with Crippen molar-refractivity contribution in [2.45, 2.75) is 44.6 Å². The van der Waals surface area contributed by atoms with E-state index in [1.165, 1.54) is 12.8 Å². The van der Waals surface area contributed by atoms with Crippen molar-refractivity contribution in [3.8, 4) is 11.1 Å². The minimum absolute atomic E-state index is 0.215. The summed E-state index contributed by atoms with van der Waals surface area (Å²) in [5, 5.41) is 7.30. The van der Waals surface area contributed by atoms with Gasteiger partial charge in [0.15, 0.2) is 5.82 Å². The maximum absolute atomic E-state index is 13.2. The number of carbonyl (C=O) groups is 1. The van der Waals surface area contributed by atoms with Crippen molar-refractivity contribution >= 4 is 24.2 Å². The molecular weight excluding hydrogens is 402 g/mol. The predicted octanol–water partition coefficient (Wildman–Crippen LogP) is 4.10. The molecule has 32 heavy (non-hydrogen) atoms. The Kier molecular flexibility index (Phi) is 6.30. The van der Waals surface area contributed by atoms with Crippen LogP contribution in [0.3, 0.4) is 0 Å². The number of amides is 1. The van der Waals surface area contributed by atoms with Gasteiger partial charge in [0.05, 0.1) is 12.2 Å². The number of hydrogen-bond acceptors (Lipinski definition) is 5. The fraction of sp³-hybridized carbons (Fsp3) is 0.375. The molecule has 0 spiro atoms. The SMILES string of the molecule is C=Nc1nc(C2CCCC2)[nH]c1C(=NC)C(=O)N[C@@H](C)c1cccc(-c2cnn(C)c2)c1. The van der Waals surface area contributed by atoms with Gasteiger partial charge in [0.25, 0.3) is 5.91 Å². The molecule has 0 aliphatic heterocycles. The van der Waals surface area contributed by atoms with Crippen LogP contribution in [0.5, 0.6) is 0 Å². The van der Waals surface area contributed by atoms with Gasteiger partial charge < -0.3 is 10.3 Å². The molecule has 8 nitrogen and oxygen atoms in total. The average molecular weight is 432 g/mol. The summed E-state index contributed by atoms with van der Waals surface area (Å²) in [6.07, 6.45) is 8.38. The predicted molar refractivity (Wildman–Crippen MR) is 127 cm³/mol. The summed E-state index contributed by atoms with van der Waals surface area (Å²) in [5.41, 5.74) is 3.88. The molecule has 1 aromatic carbocycles. The second kappa shape index (κ2) is 9.30. The number of hydrogen-bond donors (Lipinski definition) is 2. The maximum Gasteiger partial charge on any atom is 0.272 e. The van der Waals surface area contributed by atoms with Crippen LogP contribution in [0.15, 0.2) is 46.6 Å². The Bertz CT molecular complexity index is 1150. The van der Waals surface area contributed by atoms with Crippen molar-refractivity contribution in [3.05, 3.63) is 53.7 Å². The third kappa shape index (κ3) is 4.39. The van der Waals surface area contributed by atoms with Crippen molar-refractivity contribution in [1.82, 2.24) is 25.1 Å². The molecule has 8 heteroatoms. The van der Waals surface area contributed by atoms with Crippen molar-refractivity contribution in [2.75, 3.05) is 7.05 Å². The first-order valence-electron chi connectivity index (χ1n) is 10.9. The highest BCUT2D eigenvalue weighted by Crippen LogP contribution is 2.34. The van der Waals surface area contributed by atoms with Gasteiger partial charge in [0.1, 0.15) is 17.2 Å². The van der Waals surface area contributed by atoms with Gasteiger partial charge in [-0.3, -0.25) is 14.5 Å². The Balaban J connectivity index is 1.53. The van der Waals surface area contributed by atoms with Crippen LogP contribution in [0.1, 0.15) is 61.6 Å². The Morgan fingerprint density at radius 1 is 1.31 bits per heavy atom. The number of carbonyl (C=O) groups excluding carboxylic acids is 1. The summed E-state index contributed by atoms with van der Waals surface area (Å²) < 4.78 is 1.77. The zero-order valence-electron chi connectivity index (χ0n) is 18.8. The summed E-state index contributed by atoms with van der Waals surface area (Å²) in [6.45, 7) is 5.59. The van der Waals surface area contributed by atoms with Gasteiger partial charge in [-0.05, 0) is 43.7 Å². The molecule has 3 aromatic rings. The van der Waals surface area contributed by atoms with E-state index < -0.39 is 0 Å². The van der Waals surface area contributed by atoms with E-state index in [0.717, 1.165) is 35.4 Å². The molecule has 1 atom stereocenters. The van der Waals surface area contributed by atoms with Gasteiger partial charge in [-0.2, -0.15) is 5.10 Å². The molecule has 0 saturated heterocycles. The summed E-state index contributed by atoms with van der Waals surface area (Å²) in [5.74, 6) is 1.39. The summed E-state index contributed by atoms with van der Waals surface area (Å²) in [7, 11) is 3.49. The maximum atomic E-state index is 13.2. The largest absolute Gasteiger partial charge is 0.344 e. The quantitative estimate of drug-likeness (QED) is 0.551. The van der Waals surface area contributed by atoms with Crippen molar-refractivity contribution in [3.63, 3.8) is 0 Å². The van der Waals surface area contributed by atoms with Crippen LogP contribution < -0.4 is 5.32 Å². The van der Waals surface area contributed by atoms with Crippen LogP contribution in [-0.4, -0.2) is 45.1 Å². The van der Waals surface area contributed by atoms with Crippen molar-refractivity contribution in [2.24, 2.45) is 17.0 Å². The number of nitrogens with one attached hydrogen (secondary N) is 2. The molecule has 2 aromatic heterocycles. The van der Waals surface area contributed by atoms with E-state index in [-0.39, 0.29) is 17.7 Å². The van der Waals surface area contributed by atoms with Crippen LogP contribution in [0.2, 0.25) is 0 Å². The minimum atomic E-state index is -0.279. The number of aromatic amines is 1. The van der Waals surface area contributed by atoms with Crippen molar-refractivity contribution in [1.29, 1.82) is 0 Å². The number of H-pyrrole nitrogens is 1. The number of imidazole rings is 1. The Morgan fingerprint density at radius 3 is 2.75 bits per heavy atom. The monoisotopic (exact) mass is 431 g/mol. The topological polar surface area (TPSA) is 100 Å². The summed E-state index contributed by atoms with van der Waals surface area (Å²) in [6, 6.07) is 7.87. The third-order valence-corrected chi connectivity index (χ3v) is 6.04. The minimum Gasteiger partial charge on any atom is -0.344 e. The standard InChI is InChI=1S/C24H29N7O/c1-15(17-10-7-11-18(12-17)19-13-27-31(4)14-19)28-24(32)21(25-2)20-23(26-3)30-22(29-20)16-8-5-6-9-16/h7,10-16H,3,5-6,8-9H2,1-2,4H3,(H,28,32)(H,29,30)/t15-/m0/s1. The fourth-order valence-corrected chi connectivity index (χ4v) is 4.29. The van der Waals surface area contributed by atoms with Gasteiger partial charge in [0, 0.05) is 31.8 Å². The molecule has 1 aliphatic rings. The van der Waals surface area contributed by atoms with E-state index in [4.69, 9.17) is 0 Å². The number of aryl methyl sites for hydroxylation is 1. The van der Waals surface area contributed by atoms with Gasteiger partial charge >= 0.3 is 0 Å². The molecule has 1 aliphatic carbocycles. The summed E-state index contributed by atoms with van der Waals surface area (Å²) in [4.78, 5) is 29.3. The van der Waals surface area contributed by atoms with Gasteiger partial charge in [-0.25, -0.2) is 9.98 Å². The first kappa shape index (κ1) is 21.7. The highest BCUT2D eigenvalue weighted by atomic mass is 16.2. The number of aliphatic imine (C=N–C) groups is 2.